The van der Waals surface area contributed by atoms with E-state index in [-0.39, 0.29) is 28.0 Å². The van der Waals surface area contributed by atoms with E-state index in [1.54, 1.807) is 30.3 Å². The van der Waals surface area contributed by atoms with Crippen LogP contribution < -0.4 is 10.1 Å². The first-order valence-corrected chi connectivity index (χ1v) is 12.4. The molecule has 1 amide bonds. The van der Waals surface area contributed by atoms with Gasteiger partial charge in [-0.05, 0) is 68.7 Å². The lowest BCUT2D eigenvalue weighted by Crippen LogP contribution is -2.35. The van der Waals surface area contributed by atoms with Crippen molar-refractivity contribution in [1.29, 1.82) is 0 Å². The van der Waals surface area contributed by atoms with Crippen molar-refractivity contribution in [2.45, 2.75) is 43.9 Å². The number of carbonyl (C=O) groups is 2. The average molecular weight is 479 g/mol. The molecular weight excluding hydrogens is 452 g/mol. The van der Waals surface area contributed by atoms with E-state index in [0.717, 1.165) is 19.3 Å². The molecule has 0 atom stereocenters. The van der Waals surface area contributed by atoms with Crippen molar-refractivity contribution in [3.8, 4) is 5.75 Å². The van der Waals surface area contributed by atoms with Crippen LogP contribution in [-0.2, 0) is 14.8 Å². The number of Topliss-reactive ketones (excluding diaryl/α,β-unsaturated/α-hetero) is 1. The number of anilines is 1. The molecule has 32 heavy (non-hydrogen) atoms. The fourth-order valence-corrected chi connectivity index (χ4v) is 5.47. The molecule has 0 saturated carbocycles. The van der Waals surface area contributed by atoms with E-state index in [9.17, 15) is 18.0 Å². The lowest BCUT2D eigenvalue weighted by Gasteiger charge is -2.26. The van der Waals surface area contributed by atoms with Gasteiger partial charge in [0.05, 0.1) is 11.6 Å². The van der Waals surface area contributed by atoms with E-state index in [0.29, 0.717) is 43.1 Å². The van der Waals surface area contributed by atoms with Crippen LogP contribution in [0.25, 0.3) is 0 Å². The highest BCUT2D eigenvalue weighted by Crippen LogP contribution is 2.29. The summed E-state index contributed by atoms with van der Waals surface area (Å²) in [5, 5.41) is 2.87. The van der Waals surface area contributed by atoms with Gasteiger partial charge in [0.2, 0.25) is 15.9 Å². The summed E-state index contributed by atoms with van der Waals surface area (Å²) in [6, 6.07) is 11.3. The molecule has 2 aromatic carbocycles. The Hall–Kier alpha value is -2.42. The lowest BCUT2D eigenvalue weighted by molar-refractivity contribution is -0.116. The molecule has 1 aliphatic heterocycles. The summed E-state index contributed by atoms with van der Waals surface area (Å²) in [5.74, 6) is 0.368. The van der Waals surface area contributed by atoms with Crippen LogP contribution in [0.15, 0.2) is 47.4 Å². The Morgan fingerprint density at radius 2 is 1.75 bits per heavy atom. The molecule has 1 N–H and O–H groups in total. The highest BCUT2D eigenvalue weighted by Gasteiger charge is 2.28. The number of sulfonamides is 1. The first-order chi connectivity index (χ1) is 15.3. The van der Waals surface area contributed by atoms with E-state index >= 15 is 0 Å². The number of hydrogen-bond acceptors (Lipinski definition) is 5. The van der Waals surface area contributed by atoms with Crippen molar-refractivity contribution < 1.29 is 22.7 Å². The molecule has 0 aliphatic carbocycles. The lowest BCUT2D eigenvalue weighted by atomic mass is 10.1. The summed E-state index contributed by atoms with van der Waals surface area (Å²) in [4.78, 5) is 23.6. The molecule has 7 nitrogen and oxygen atoms in total. The highest BCUT2D eigenvalue weighted by molar-refractivity contribution is 7.89. The summed E-state index contributed by atoms with van der Waals surface area (Å²) in [6.07, 6.45) is 3.37. The Bertz CT molecular complexity index is 1060. The van der Waals surface area contributed by atoms with Crippen LogP contribution in [0.3, 0.4) is 0 Å². The number of carbonyl (C=O) groups excluding carboxylic acids is 2. The van der Waals surface area contributed by atoms with Gasteiger partial charge in [0.1, 0.15) is 10.6 Å². The van der Waals surface area contributed by atoms with E-state index < -0.39 is 10.0 Å². The van der Waals surface area contributed by atoms with E-state index in [1.807, 2.05) is 0 Å². The van der Waals surface area contributed by atoms with Crippen molar-refractivity contribution in [3.05, 3.63) is 53.1 Å². The molecule has 0 radical (unpaired) electrons. The van der Waals surface area contributed by atoms with Gasteiger partial charge in [-0.3, -0.25) is 9.59 Å². The minimum atomic E-state index is -3.70. The van der Waals surface area contributed by atoms with Gasteiger partial charge in [0.15, 0.2) is 5.78 Å². The Balaban J connectivity index is 1.52. The van der Waals surface area contributed by atoms with Gasteiger partial charge >= 0.3 is 0 Å². The Morgan fingerprint density at radius 3 is 2.41 bits per heavy atom. The van der Waals surface area contributed by atoms with Crippen molar-refractivity contribution in [2.75, 3.05) is 25.0 Å². The number of rotatable bonds is 9. The Kier molecular flexibility index (Phi) is 8.28. The van der Waals surface area contributed by atoms with Crippen LogP contribution in [0.2, 0.25) is 5.02 Å². The normalized spacial score (nSPS) is 14.7. The monoisotopic (exact) mass is 478 g/mol. The molecule has 0 unspecified atom stereocenters. The zero-order chi connectivity index (χ0) is 23.1. The number of nitrogens with one attached hydrogen (secondary N) is 1. The van der Waals surface area contributed by atoms with Gasteiger partial charge in [-0.15, -0.1) is 0 Å². The smallest absolute Gasteiger partial charge is 0.244 e. The van der Waals surface area contributed by atoms with Crippen LogP contribution in [0.1, 0.15) is 49.4 Å². The van der Waals surface area contributed by atoms with Crippen molar-refractivity contribution in [1.82, 2.24) is 4.31 Å². The van der Waals surface area contributed by atoms with Crippen molar-refractivity contribution >= 4 is 39.0 Å². The maximum atomic E-state index is 12.9. The zero-order valence-corrected chi connectivity index (χ0v) is 19.5. The SMILES string of the molecule is CC(=O)c1ccc(OCCCC(=O)Nc2ccc(Cl)c(S(=O)(=O)N3CCCCC3)c2)cc1. The molecule has 1 heterocycles. The number of benzene rings is 2. The molecular formula is C23H27ClN2O5S. The van der Waals surface area contributed by atoms with Crippen molar-refractivity contribution in [2.24, 2.45) is 0 Å². The number of nitrogens with zero attached hydrogens (tertiary/aromatic N) is 1. The first-order valence-electron chi connectivity index (χ1n) is 10.6. The quantitative estimate of drug-likeness (QED) is 0.422. The average Bonchev–Trinajstić information content (AvgIpc) is 2.79. The Morgan fingerprint density at radius 1 is 1.06 bits per heavy atom. The zero-order valence-electron chi connectivity index (χ0n) is 18.0. The van der Waals surface area contributed by atoms with Crippen LogP contribution in [0, 0.1) is 0 Å². The number of amides is 1. The summed E-state index contributed by atoms with van der Waals surface area (Å²) in [5.41, 5.74) is 0.997. The number of halogens is 1. The topological polar surface area (TPSA) is 92.8 Å². The second-order valence-corrected chi connectivity index (χ2v) is 10.0. The van der Waals surface area contributed by atoms with E-state index in [2.05, 4.69) is 5.32 Å². The number of ether oxygens (including phenoxy) is 1. The predicted molar refractivity (Wildman–Crippen MR) is 124 cm³/mol. The van der Waals surface area contributed by atoms with Crippen LogP contribution in [-0.4, -0.2) is 44.1 Å². The third kappa shape index (κ3) is 6.31. The van der Waals surface area contributed by atoms with Gasteiger partial charge in [-0.2, -0.15) is 4.31 Å². The molecule has 1 aliphatic rings. The molecule has 9 heteroatoms. The minimum absolute atomic E-state index is 0.0104. The third-order valence-electron chi connectivity index (χ3n) is 5.23. The summed E-state index contributed by atoms with van der Waals surface area (Å²) >= 11 is 6.17. The summed E-state index contributed by atoms with van der Waals surface area (Å²) in [6.45, 7) is 2.79. The van der Waals surface area contributed by atoms with Crippen LogP contribution in [0.4, 0.5) is 5.69 Å². The molecule has 172 valence electrons. The molecule has 0 aromatic heterocycles. The molecule has 3 rings (SSSR count). The number of piperidine rings is 1. The standard InChI is InChI=1S/C23H27ClN2O5S/c1-17(27)18-7-10-20(11-8-18)31-15-5-6-23(28)25-19-9-12-21(24)22(16-19)32(29,30)26-13-3-2-4-14-26/h7-12,16H,2-6,13-15H2,1H3,(H,25,28). The van der Waals surface area contributed by atoms with E-state index in [4.69, 9.17) is 16.3 Å². The fraction of sp³-hybridized carbons (Fsp3) is 0.391. The van der Waals surface area contributed by atoms with E-state index in [1.165, 1.54) is 23.4 Å². The van der Waals surface area contributed by atoms with Gasteiger partial charge in [-0.25, -0.2) is 8.42 Å². The molecule has 2 aromatic rings. The van der Waals surface area contributed by atoms with Gasteiger partial charge in [-0.1, -0.05) is 18.0 Å². The maximum absolute atomic E-state index is 12.9. The van der Waals surface area contributed by atoms with Gasteiger partial charge in [0, 0.05) is 30.8 Å². The maximum Gasteiger partial charge on any atom is 0.244 e. The van der Waals surface area contributed by atoms with Crippen molar-refractivity contribution in [3.63, 3.8) is 0 Å². The largest absolute Gasteiger partial charge is 0.494 e. The number of hydrogen-bond donors (Lipinski definition) is 1. The molecule has 0 spiro atoms. The summed E-state index contributed by atoms with van der Waals surface area (Å²) in [7, 11) is -3.70. The first kappa shape index (κ1) is 24.2. The minimum Gasteiger partial charge on any atom is -0.494 e. The van der Waals surface area contributed by atoms with Gasteiger partial charge in [0.25, 0.3) is 0 Å². The molecule has 1 fully saturated rings. The molecule has 1 saturated heterocycles. The Labute approximate surface area is 193 Å². The summed E-state index contributed by atoms with van der Waals surface area (Å²) < 4.78 is 32.9. The second-order valence-electron chi connectivity index (χ2n) is 7.69. The van der Waals surface area contributed by atoms with Crippen LogP contribution in [0.5, 0.6) is 5.75 Å². The molecule has 0 bridgehead atoms. The van der Waals surface area contributed by atoms with Crippen LogP contribution >= 0.6 is 11.6 Å². The highest BCUT2D eigenvalue weighted by atomic mass is 35.5. The second kappa shape index (κ2) is 10.9. The predicted octanol–water partition coefficient (Wildman–Crippen LogP) is 4.51. The fourth-order valence-electron chi connectivity index (χ4n) is 3.46. The van der Waals surface area contributed by atoms with Gasteiger partial charge < -0.3 is 10.1 Å². The number of ketones is 1. The third-order valence-corrected chi connectivity index (χ3v) is 7.61.